The maximum absolute atomic E-state index is 12.1. The van der Waals surface area contributed by atoms with Crippen molar-refractivity contribution in [2.24, 2.45) is 0 Å². The molecule has 0 atom stereocenters. The van der Waals surface area contributed by atoms with Crippen LogP contribution in [0.2, 0.25) is 0 Å². The molecule has 1 aliphatic carbocycles. The third-order valence-electron chi connectivity index (χ3n) is 4.00. The Morgan fingerprint density at radius 2 is 2.09 bits per heavy atom. The van der Waals surface area contributed by atoms with Crippen LogP contribution in [0.25, 0.3) is 11.0 Å². The molecule has 5 nitrogen and oxygen atoms in total. The molecule has 1 aromatic carbocycles. The lowest BCUT2D eigenvalue weighted by Crippen LogP contribution is -2.19. The van der Waals surface area contributed by atoms with Crippen LogP contribution in [0.3, 0.4) is 0 Å². The molecule has 1 heterocycles. The molecule has 0 unspecified atom stereocenters. The maximum Gasteiger partial charge on any atom is 0.339 e. The average Bonchev–Trinajstić information content (AvgIpc) is 2.96. The third-order valence-corrected chi connectivity index (χ3v) is 4.00. The van der Waals surface area contributed by atoms with E-state index in [2.05, 4.69) is 5.32 Å². The summed E-state index contributed by atoms with van der Waals surface area (Å²) in [6, 6.07) is 3.52. The van der Waals surface area contributed by atoms with Crippen molar-refractivity contribution in [3.63, 3.8) is 0 Å². The highest BCUT2D eigenvalue weighted by atomic mass is 35.5. The Morgan fingerprint density at radius 3 is 2.86 bits per heavy atom. The van der Waals surface area contributed by atoms with Gasteiger partial charge in [-0.2, -0.15) is 0 Å². The molecule has 120 valence electrons. The lowest BCUT2D eigenvalue weighted by Gasteiger charge is -2.11. The second-order valence-electron chi connectivity index (χ2n) is 5.31. The van der Waals surface area contributed by atoms with Crippen LogP contribution in [0.15, 0.2) is 21.3 Å². The highest BCUT2D eigenvalue weighted by Gasteiger charge is 2.21. The minimum absolute atomic E-state index is 0. The van der Waals surface area contributed by atoms with Gasteiger partial charge >= 0.3 is 5.63 Å². The van der Waals surface area contributed by atoms with E-state index in [1.807, 2.05) is 6.07 Å². The van der Waals surface area contributed by atoms with E-state index in [9.17, 15) is 9.90 Å². The van der Waals surface area contributed by atoms with E-state index in [0.717, 1.165) is 35.8 Å². The molecule has 1 aliphatic rings. The molecule has 0 aliphatic heterocycles. The van der Waals surface area contributed by atoms with Crippen molar-refractivity contribution in [2.75, 3.05) is 20.3 Å². The number of phenolic OH excluding ortho intramolecular Hbond substituents is 1. The van der Waals surface area contributed by atoms with Gasteiger partial charge in [-0.1, -0.05) is 0 Å². The molecule has 2 N–H and O–H groups in total. The van der Waals surface area contributed by atoms with Gasteiger partial charge in [0.05, 0.1) is 12.2 Å². The molecular weight excluding hydrogens is 306 g/mol. The van der Waals surface area contributed by atoms with E-state index in [1.54, 1.807) is 13.2 Å². The number of aromatic hydroxyl groups is 1. The quantitative estimate of drug-likeness (QED) is 0.651. The minimum Gasteiger partial charge on any atom is -0.507 e. The smallest absolute Gasteiger partial charge is 0.339 e. The van der Waals surface area contributed by atoms with E-state index in [1.165, 1.54) is 0 Å². The molecule has 6 heteroatoms. The van der Waals surface area contributed by atoms with Crippen LogP contribution < -0.4 is 10.9 Å². The van der Waals surface area contributed by atoms with Gasteiger partial charge in [0, 0.05) is 31.1 Å². The molecule has 0 bridgehead atoms. The fourth-order valence-corrected chi connectivity index (χ4v) is 2.95. The van der Waals surface area contributed by atoms with E-state index in [4.69, 9.17) is 9.15 Å². The first kappa shape index (κ1) is 16.8. The van der Waals surface area contributed by atoms with Crippen molar-refractivity contribution in [2.45, 2.75) is 25.8 Å². The third kappa shape index (κ3) is 2.97. The van der Waals surface area contributed by atoms with Crippen molar-refractivity contribution in [1.82, 2.24) is 5.32 Å². The monoisotopic (exact) mass is 325 g/mol. The fraction of sp³-hybridized carbons (Fsp3) is 0.438. The van der Waals surface area contributed by atoms with E-state index < -0.39 is 0 Å². The number of hydrogen-bond donors (Lipinski definition) is 2. The zero-order valence-electron chi connectivity index (χ0n) is 12.5. The maximum atomic E-state index is 12.1. The molecule has 2 aromatic rings. The molecular formula is C16H20ClNO4. The Hall–Kier alpha value is -1.56. The first-order chi connectivity index (χ1) is 10.2. The van der Waals surface area contributed by atoms with Gasteiger partial charge in [0.25, 0.3) is 0 Å². The molecule has 0 spiro atoms. The number of hydrogen-bond acceptors (Lipinski definition) is 5. The van der Waals surface area contributed by atoms with Crippen LogP contribution in [0.5, 0.6) is 5.75 Å². The van der Waals surface area contributed by atoms with Crippen molar-refractivity contribution in [3.8, 4) is 5.75 Å². The van der Waals surface area contributed by atoms with Gasteiger partial charge in [-0.25, -0.2) is 4.79 Å². The highest BCUT2D eigenvalue weighted by Crippen LogP contribution is 2.32. The Bertz CT molecular complexity index is 726. The highest BCUT2D eigenvalue weighted by molar-refractivity contribution is 5.86. The molecule has 0 fully saturated rings. The van der Waals surface area contributed by atoms with Crippen LogP contribution in [0, 0.1) is 0 Å². The minimum atomic E-state index is -0.265. The second kappa shape index (κ2) is 7.13. The number of fused-ring (bicyclic) bond motifs is 3. The summed E-state index contributed by atoms with van der Waals surface area (Å²) >= 11 is 0. The van der Waals surface area contributed by atoms with Gasteiger partial charge < -0.3 is 19.6 Å². The van der Waals surface area contributed by atoms with E-state index in [0.29, 0.717) is 30.8 Å². The molecule has 0 radical (unpaired) electrons. The zero-order chi connectivity index (χ0) is 14.8. The second-order valence-corrected chi connectivity index (χ2v) is 5.31. The summed E-state index contributed by atoms with van der Waals surface area (Å²) in [4.78, 5) is 12.1. The topological polar surface area (TPSA) is 71.7 Å². The number of halogens is 1. The van der Waals surface area contributed by atoms with Gasteiger partial charge in [-0.3, -0.25) is 0 Å². The van der Waals surface area contributed by atoms with Gasteiger partial charge in [-0.15, -0.1) is 12.4 Å². The number of rotatable bonds is 5. The number of nitrogens with one attached hydrogen (secondary N) is 1. The first-order valence-electron chi connectivity index (χ1n) is 7.21. The standard InChI is InChI=1S/C16H19NO4.ClH/c1-20-8-7-17-9-13-14(18)6-5-11-10-3-2-4-12(10)16(19)21-15(11)13;/h5-6,17-18H,2-4,7-9H2,1H3;1H. The average molecular weight is 326 g/mol. The molecule has 0 saturated heterocycles. The summed E-state index contributed by atoms with van der Waals surface area (Å²) in [5.74, 6) is 0.147. The zero-order valence-corrected chi connectivity index (χ0v) is 13.3. The lowest BCUT2D eigenvalue weighted by atomic mass is 10.0. The van der Waals surface area contributed by atoms with Gasteiger partial charge in [0.2, 0.25) is 0 Å². The van der Waals surface area contributed by atoms with Gasteiger partial charge in [0.1, 0.15) is 11.3 Å². The van der Waals surface area contributed by atoms with Gasteiger partial charge in [-0.05, 0) is 37.0 Å². The van der Waals surface area contributed by atoms with Crippen LogP contribution in [-0.2, 0) is 24.1 Å². The summed E-state index contributed by atoms with van der Waals surface area (Å²) in [6.45, 7) is 1.70. The molecule has 0 amide bonds. The molecule has 0 saturated carbocycles. The number of aryl methyl sites for hydroxylation is 1. The molecule has 3 rings (SSSR count). The van der Waals surface area contributed by atoms with E-state index >= 15 is 0 Å². The number of methoxy groups -OCH3 is 1. The van der Waals surface area contributed by atoms with Crippen LogP contribution in [-0.4, -0.2) is 25.4 Å². The Balaban J connectivity index is 0.00000176. The van der Waals surface area contributed by atoms with Crippen LogP contribution in [0.4, 0.5) is 0 Å². The fourth-order valence-electron chi connectivity index (χ4n) is 2.95. The van der Waals surface area contributed by atoms with Crippen molar-refractivity contribution < 1.29 is 14.3 Å². The van der Waals surface area contributed by atoms with Crippen molar-refractivity contribution >= 4 is 23.4 Å². The number of benzene rings is 1. The number of phenols is 1. The molecule has 22 heavy (non-hydrogen) atoms. The number of ether oxygens (including phenoxy) is 1. The summed E-state index contributed by atoms with van der Waals surface area (Å²) in [7, 11) is 1.64. The Kier molecular flexibility index (Phi) is 5.45. The summed E-state index contributed by atoms with van der Waals surface area (Å²) in [6.07, 6.45) is 2.68. The Morgan fingerprint density at radius 1 is 1.32 bits per heavy atom. The summed E-state index contributed by atoms with van der Waals surface area (Å²) in [5, 5.41) is 14.2. The summed E-state index contributed by atoms with van der Waals surface area (Å²) < 4.78 is 10.5. The van der Waals surface area contributed by atoms with Crippen LogP contribution in [0.1, 0.15) is 23.1 Å². The first-order valence-corrected chi connectivity index (χ1v) is 7.21. The van der Waals surface area contributed by atoms with E-state index in [-0.39, 0.29) is 23.8 Å². The Labute approximate surface area is 134 Å². The van der Waals surface area contributed by atoms with Crippen molar-refractivity contribution in [3.05, 3.63) is 39.2 Å². The van der Waals surface area contributed by atoms with Crippen LogP contribution >= 0.6 is 12.4 Å². The summed E-state index contributed by atoms with van der Waals surface area (Å²) in [5.41, 5.74) is 2.76. The normalized spacial score (nSPS) is 13.1. The predicted molar refractivity (Wildman–Crippen MR) is 87.0 cm³/mol. The van der Waals surface area contributed by atoms with Crippen molar-refractivity contribution in [1.29, 1.82) is 0 Å². The predicted octanol–water partition coefficient (Wildman–Crippen LogP) is 2.15. The van der Waals surface area contributed by atoms with Gasteiger partial charge in [0.15, 0.2) is 0 Å². The largest absolute Gasteiger partial charge is 0.507 e. The molecule has 1 aromatic heterocycles. The lowest BCUT2D eigenvalue weighted by molar-refractivity contribution is 0.199. The SMILES string of the molecule is COCCNCc1c(O)ccc2c3c(c(=O)oc12)CCC3.Cl.